The summed E-state index contributed by atoms with van der Waals surface area (Å²) in [5, 5.41) is 0. The average molecular weight is 265 g/mol. The molecule has 5 heteroatoms. The molecule has 2 N–H and O–H groups in total. The van der Waals surface area contributed by atoms with Crippen LogP contribution in [0, 0.1) is 0 Å². The second-order valence-corrected chi connectivity index (χ2v) is 4.50. The zero-order valence-corrected chi connectivity index (χ0v) is 10.5. The molecule has 0 radical (unpaired) electrons. The number of anilines is 1. The summed E-state index contributed by atoms with van der Waals surface area (Å²) in [4.78, 5) is 4.49. The van der Waals surface area contributed by atoms with Gasteiger partial charge in [-0.25, -0.2) is 4.98 Å². The molecule has 5 nitrogen and oxygen atoms in total. The molecule has 4 rings (SSSR count). The summed E-state index contributed by atoms with van der Waals surface area (Å²) in [6, 6.07) is 9.29. The van der Waals surface area contributed by atoms with Gasteiger partial charge in [0.1, 0.15) is 11.5 Å². The number of nitrogens with two attached hydrogens (primary N) is 1. The third-order valence-electron chi connectivity index (χ3n) is 3.16. The molecule has 0 aliphatic rings. The number of fused-ring (bicyclic) bond motifs is 1. The summed E-state index contributed by atoms with van der Waals surface area (Å²) in [7, 11) is 0. The van der Waals surface area contributed by atoms with Gasteiger partial charge in [0.15, 0.2) is 11.4 Å². The molecule has 20 heavy (non-hydrogen) atoms. The van der Waals surface area contributed by atoms with E-state index in [1.54, 1.807) is 12.5 Å². The van der Waals surface area contributed by atoms with Crippen LogP contribution in [-0.4, -0.2) is 9.38 Å². The molecule has 4 aromatic heterocycles. The normalized spacial score (nSPS) is 11.2. The van der Waals surface area contributed by atoms with Gasteiger partial charge >= 0.3 is 0 Å². The van der Waals surface area contributed by atoms with Gasteiger partial charge in [-0.3, -0.25) is 0 Å². The van der Waals surface area contributed by atoms with Crippen LogP contribution in [0.15, 0.2) is 64.1 Å². The standard InChI is InChI=1S/C15H11N3O2/c16-11-7-10(13-3-1-5-19-13)8-18-9-12(17-15(11)18)14-4-2-6-20-14/h1-9H,16H2. The Morgan fingerprint density at radius 2 is 1.75 bits per heavy atom. The Morgan fingerprint density at radius 3 is 2.45 bits per heavy atom. The highest BCUT2D eigenvalue weighted by Gasteiger charge is 2.11. The Balaban J connectivity index is 1.92. The number of imidazole rings is 1. The molecule has 0 spiro atoms. The lowest BCUT2D eigenvalue weighted by atomic mass is 10.2. The quantitative estimate of drug-likeness (QED) is 0.602. The number of nitrogen functional groups attached to an aromatic ring is 1. The highest BCUT2D eigenvalue weighted by molar-refractivity contribution is 5.75. The zero-order valence-electron chi connectivity index (χ0n) is 10.5. The maximum absolute atomic E-state index is 6.07. The first-order valence-corrected chi connectivity index (χ1v) is 6.17. The summed E-state index contributed by atoms with van der Waals surface area (Å²) in [6.07, 6.45) is 7.08. The molecule has 0 saturated carbocycles. The van der Waals surface area contributed by atoms with Crippen LogP contribution in [0.3, 0.4) is 0 Å². The molecule has 0 aliphatic carbocycles. The first-order chi connectivity index (χ1) is 9.81. The zero-order chi connectivity index (χ0) is 13.5. The third-order valence-corrected chi connectivity index (χ3v) is 3.16. The van der Waals surface area contributed by atoms with Crippen molar-refractivity contribution in [3.8, 4) is 22.8 Å². The minimum Gasteiger partial charge on any atom is -0.464 e. The molecule has 4 aromatic rings. The van der Waals surface area contributed by atoms with E-state index in [0.29, 0.717) is 17.1 Å². The summed E-state index contributed by atoms with van der Waals surface area (Å²) in [5.74, 6) is 1.49. The molecule has 98 valence electrons. The number of pyridine rings is 1. The van der Waals surface area contributed by atoms with E-state index in [0.717, 1.165) is 17.0 Å². The Labute approximate surface area is 114 Å². The van der Waals surface area contributed by atoms with Gasteiger partial charge in [-0.15, -0.1) is 0 Å². The van der Waals surface area contributed by atoms with Crippen molar-refractivity contribution in [1.29, 1.82) is 0 Å². The smallest absolute Gasteiger partial charge is 0.160 e. The fourth-order valence-electron chi connectivity index (χ4n) is 2.25. The van der Waals surface area contributed by atoms with E-state index >= 15 is 0 Å². The molecule has 0 unspecified atom stereocenters. The van der Waals surface area contributed by atoms with Gasteiger partial charge in [-0.05, 0) is 30.3 Å². The molecule has 0 bridgehead atoms. The molecule has 0 atom stereocenters. The van der Waals surface area contributed by atoms with Crippen molar-refractivity contribution in [2.24, 2.45) is 0 Å². The predicted molar refractivity (Wildman–Crippen MR) is 75.0 cm³/mol. The van der Waals surface area contributed by atoms with E-state index in [1.165, 1.54) is 0 Å². The topological polar surface area (TPSA) is 69.6 Å². The van der Waals surface area contributed by atoms with Gasteiger partial charge < -0.3 is 19.0 Å². The van der Waals surface area contributed by atoms with Crippen LogP contribution in [0.25, 0.3) is 28.4 Å². The Bertz CT molecular complexity index is 858. The fourth-order valence-corrected chi connectivity index (χ4v) is 2.25. The number of furan rings is 2. The summed E-state index contributed by atoms with van der Waals surface area (Å²) in [6.45, 7) is 0. The predicted octanol–water partition coefficient (Wildman–Crippen LogP) is 3.44. The van der Waals surface area contributed by atoms with Gasteiger partial charge in [0.25, 0.3) is 0 Å². The average Bonchev–Trinajstić information content (AvgIpc) is 3.19. The molecular weight excluding hydrogens is 254 g/mol. The van der Waals surface area contributed by atoms with Gasteiger partial charge in [0.05, 0.1) is 18.2 Å². The minimum atomic E-state index is 0.594. The van der Waals surface area contributed by atoms with Crippen LogP contribution in [0.2, 0.25) is 0 Å². The molecule has 0 aliphatic heterocycles. The number of rotatable bonds is 2. The summed E-state index contributed by atoms with van der Waals surface area (Å²) in [5.41, 5.74) is 9.02. The lowest BCUT2D eigenvalue weighted by Crippen LogP contribution is -1.93. The van der Waals surface area contributed by atoms with Gasteiger partial charge in [0, 0.05) is 18.0 Å². The minimum absolute atomic E-state index is 0.594. The lowest BCUT2D eigenvalue weighted by Gasteiger charge is -2.02. The molecule has 0 amide bonds. The van der Waals surface area contributed by atoms with Crippen molar-refractivity contribution in [2.45, 2.75) is 0 Å². The van der Waals surface area contributed by atoms with Crippen LogP contribution in [0.1, 0.15) is 0 Å². The van der Waals surface area contributed by atoms with Gasteiger partial charge in [-0.2, -0.15) is 0 Å². The van der Waals surface area contributed by atoms with E-state index in [1.807, 2.05) is 47.1 Å². The van der Waals surface area contributed by atoms with Gasteiger partial charge in [0.2, 0.25) is 0 Å². The van der Waals surface area contributed by atoms with Crippen LogP contribution in [-0.2, 0) is 0 Å². The van der Waals surface area contributed by atoms with Crippen molar-refractivity contribution in [1.82, 2.24) is 9.38 Å². The second-order valence-electron chi connectivity index (χ2n) is 4.50. The third kappa shape index (κ3) is 1.60. The van der Waals surface area contributed by atoms with Crippen LogP contribution in [0.4, 0.5) is 5.69 Å². The fraction of sp³-hybridized carbons (Fsp3) is 0. The SMILES string of the molecule is Nc1cc(-c2ccco2)cn2cc(-c3ccco3)nc12. The van der Waals surface area contributed by atoms with Crippen molar-refractivity contribution in [3.63, 3.8) is 0 Å². The number of hydrogen-bond acceptors (Lipinski definition) is 4. The maximum atomic E-state index is 6.07. The Hall–Kier alpha value is -2.95. The van der Waals surface area contributed by atoms with Gasteiger partial charge in [-0.1, -0.05) is 0 Å². The first-order valence-electron chi connectivity index (χ1n) is 6.17. The highest BCUT2D eigenvalue weighted by atomic mass is 16.3. The largest absolute Gasteiger partial charge is 0.464 e. The second kappa shape index (κ2) is 4.03. The Kier molecular flexibility index (Phi) is 2.20. The van der Waals surface area contributed by atoms with Crippen molar-refractivity contribution in [2.75, 3.05) is 5.73 Å². The first kappa shape index (κ1) is 10.9. The maximum Gasteiger partial charge on any atom is 0.160 e. The number of nitrogens with zero attached hydrogens (tertiary/aromatic N) is 2. The Morgan fingerprint density at radius 1 is 1.00 bits per heavy atom. The highest BCUT2D eigenvalue weighted by Crippen LogP contribution is 2.27. The molecule has 0 aromatic carbocycles. The molecule has 4 heterocycles. The van der Waals surface area contributed by atoms with Crippen molar-refractivity contribution < 1.29 is 8.83 Å². The number of hydrogen-bond donors (Lipinski definition) is 1. The molecule has 0 fully saturated rings. The number of aromatic nitrogens is 2. The van der Waals surface area contributed by atoms with Crippen molar-refractivity contribution >= 4 is 11.3 Å². The molecule has 0 saturated heterocycles. The van der Waals surface area contributed by atoms with E-state index in [2.05, 4.69) is 4.98 Å². The molecular formula is C15H11N3O2. The summed E-state index contributed by atoms with van der Waals surface area (Å²) < 4.78 is 12.6. The van der Waals surface area contributed by atoms with Crippen LogP contribution < -0.4 is 5.73 Å². The van der Waals surface area contributed by atoms with E-state index in [9.17, 15) is 0 Å². The van der Waals surface area contributed by atoms with E-state index in [4.69, 9.17) is 14.6 Å². The van der Waals surface area contributed by atoms with Crippen LogP contribution in [0.5, 0.6) is 0 Å². The van der Waals surface area contributed by atoms with Crippen molar-refractivity contribution in [3.05, 3.63) is 55.3 Å². The van der Waals surface area contributed by atoms with E-state index in [-0.39, 0.29) is 0 Å². The summed E-state index contributed by atoms with van der Waals surface area (Å²) >= 11 is 0. The monoisotopic (exact) mass is 265 g/mol. The van der Waals surface area contributed by atoms with Crippen LogP contribution >= 0.6 is 0 Å². The van der Waals surface area contributed by atoms with E-state index < -0.39 is 0 Å². The lowest BCUT2D eigenvalue weighted by molar-refractivity contribution is 0.580.